The van der Waals surface area contributed by atoms with Crippen LogP contribution < -0.4 is 10.6 Å². The maximum absolute atomic E-state index is 12.7. The Kier molecular flexibility index (Phi) is 9.80. The number of rotatable bonds is 10. The highest BCUT2D eigenvalue weighted by Crippen LogP contribution is 2.30. The molecule has 0 bridgehead atoms. The van der Waals surface area contributed by atoms with Crippen LogP contribution in [0.3, 0.4) is 0 Å². The van der Waals surface area contributed by atoms with Crippen LogP contribution in [0.15, 0.2) is 48.5 Å². The van der Waals surface area contributed by atoms with Crippen molar-refractivity contribution >= 4 is 35.1 Å². The molecular weight excluding hydrogens is 469 g/mol. The summed E-state index contributed by atoms with van der Waals surface area (Å²) in [5.41, 5.74) is -0.293. The summed E-state index contributed by atoms with van der Waals surface area (Å²) in [6, 6.07) is 10.0. The van der Waals surface area contributed by atoms with E-state index in [1.54, 1.807) is 0 Å². The Morgan fingerprint density at radius 1 is 0.857 bits per heavy atom. The Balaban J connectivity index is 1.72. The smallest absolute Gasteiger partial charge is 0.416 e. The Morgan fingerprint density at radius 2 is 1.51 bits per heavy atom. The fraction of sp³-hybridized carbons (Fsp3) is 0.333. The highest BCUT2D eigenvalue weighted by Gasteiger charge is 2.30. The second-order valence-corrected chi connectivity index (χ2v) is 7.91. The van der Waals surface area contributed by atoms with E-state index in [1.807, 2.05) is 13.8 Å². The molecule has 8 nitrogen and oxygen atoms in total. The van der Waals surface area contributed by atoms with Gasteiger partial charge in [0.1, 0.15) is 0 Å². The van der Waals surface area contributed by atoms with Crippen molar-refractivity contribution in [1.82, 2.24) is 0 Å². The molecule has 188 valence electrons. The molecule has 11 heteroatoms. The fourth-order valence-corrected chi connectivity index (χ4v) is 2.64. The molecule has 0 fully saturated rings. The molecule has 2 aromatic carbocycles. The van der Waals surface area contributed by atoms with Gasteiger partial charge in [-0.05, 0) is 48.4 Å². The van der Waals surface area contributed by atoms with Crippen molar-refractivity contribution in [3.8, 4) is 0 Å². The van der Waals surface area contributed by atoms with E-state index < -0.39 is 42.1 Å². The molecule has 0 spiro atoms. The van der Waals surface area contributed by atoms with E-state index in [2.05, 4.69) is 10.6 Å². The van der Waals surface area contributed by atoms with Crippen molar-refractivity contribution in [2.45, 2.75) is 32.9 Å². The van der Waals surface area contributed by atoms with Gasteiger partial charge in [-0.15, -0.1) is 0 Å². The number of alkyl halides is 3. The highest BCUT2D eigenvalue weighted by atomic mass is 19.4. The minimum Gasteiger partial charge on any atom is -0.462 e. The van der Waals surface area contributed by atoms with Gasteiger partial charge in [-0.3, -0.25) is 14.4 Å². The van der Waals surface area contributed by atoms with Crippen LogP contribution in [0.1, 0.15) is 42.6 Å². The summed E-state index contributed by atoms with van der Waals surface area (Å²) in [6.07, 6.45) is -5.11. The number of hydrogen-bond donors (Lipinski definition) is 2. The van der Waals surface area contributed by atoms with Gasteiger partial charge in [-0.2, -0.15) is 13.2 Å². The predicted octanol–water partition coefficient (Wildman–Crippen LogP) is 4.42. The molecule has 0 saturated carbocycles. The summed E-state index contributed by atoms with van der Waals surface area (Å²) in [4.78, 5) is 47.5. The average Bonchev–Trinajstić information content (AvgIpc) is 2.80. The van der Waals surface area contributed by atoms with Crippen LogP contribution in [-0.4, -0.2) is 37.0 Å². The van der Waals surface area contributed by atoms with Crippen LogP contribution in [-0.2, 0) is 30.0 Å². The molecular formula is C24H25F3N2O6. The van der Waals surface area contributed by atoms with Crippen LogP contribution in [0.25, 0.3) is 0 Å². The number of amides is 2. The fourth-order valence-electron chi connectivity index (χ4n) is 2.64. The van der Waals surface area contributed by atoms with Gasteiger partial charge in [0, 0.05) is 17.8 Å². The van der Waals surface area contributed by atoms with E-state index in [4.69, 9.17) is 9.47 Å². The molecule has 0 saturated heterocycles. The number of halogens is 3. The molecule has 0 heterocycles. The molecule has 0 aliphatic rings. The normalized spacial score (nSPS) is 11.0. The van der Waals surface area contributed by atoms with Gasteiger partial charge in [0.25, 0.3) is 5.91 Å². The van der Waals surface area contributed by atoms with Crippen molar-refractivity contribution in [3.63, 3.8) is 0 Å². The lowest BCUT2D eigenvalue weighted by Crippen LogP contribution is -2.22. The Hall–Kier alpha value is -3.89. The summed E-state index contributed by atoms with van der Waals surface area (Å²) in [5.74, 6) is -2.42. The molecule has 2 amide bonds. The van der Waals surface area contributed by atoms with Gasteiger partial charge in [-0.25, -0.2) is 4.79 Å². The van der Waals surface area contributed by atoms with Gasteiger partial charge >= 0.3 is 18.1 Å². The highest BCUT2D eigenvalue weighted by molar-refractivity contribution is 5.95. The predicted molar refractivity (Wildman–Crippen MR) is 120 cm³/mol. The Bertz CT molecular complexity index is 1050. The second-order valence-electron chi connectivity index (χ2n) is 7.91. The van der Waals surface area contributed by atoms with Crippen molar-refractivity contribution in [3.05, 3.63) is 59.7 Å². The number of carbonyl (C=O) groups is 4. The van der Waals surface area contributed by atoms with Crippen molar-refractivity contribution in [2.24, 2.45) is 5.92 Å². The molecule has 2 N–H and O–H groups in total. The third kappa shape index (κ3) is 9.86. The van der Waals surface area contributed by atoms with Gasteiger partial charge in [0.15, 0.2) is 6.61 Å². The van der Waals surface area contributed by atoms with Gasteiger partial charge in [-0.1, -0.05) is 19.9 Å². The zero-order valence-electron chi connectivity index (χ0n) is 19.1. The quantitative estimate of drug-likeness (QED) is 0.473. The van der Waals surface area contributed by atoms with Crippen molar-refractivity contribution in [2.75, 3.05) is 23.8 Å². The molecule has 0 radical (unpaired) electrons. The van der Waals surface area contributed by atoms with E-state index >= 15 is 0 Å². The molecule has 0 aliphatic heterocycles. The summed E-state index contributed by atoms with van der Waals surface area (Å²) >= 11 is 0. The number of ether oxygens (including phenoxy) is 2. The lowest BCUT2D eigenvalue weighted by Gasteiger charge is -2.10. The van der Waals surface area contributed by atoms with Crippen molar-refractivity contribution in [1.29, 1.82) is 0 Å². The number of carbonyl (C=O) groups excluding carboxylic acids is 4. The zero-order valence-corrected chi connectivity index (χ0v) is 19.1. The molecule has 0 aromatic heterocycles. The first-order chi connectivity index (χ1) is 16.4. The largest absolute Gasteiger partial charge is 0.462 e. The third-order valence-corrected chi connectivity index (χ3v) is 4.35. The second kappa shape index (κ2) is 12.5. The summed E-state index contributed by atoms with van der Waals surface area (Å²) in [6.45, 7) is 3.40. The summed E-state index contributed by atoms with van der Waals surface area (Å²) in [5, 5.41) is 4.76. The van der Waals surface area contributed by atoms with Crippen LogP contribution in [0, 0.1) is 5.92 Å². The first-order valence-electron chi connectivity index (χ1n) is 10.6. The molecule has 0 atom stereocenters. The number of esters is 2. The van der Waals surface area contributed by atoms with Crippen LogP contribution >= 0.6 is 0 Å². The molecule has 2 aromatic rings. The monoisotopic (exact) mass is 494 g/mol. The van der Waals surface area contributed by atoms with E-state index in [0.29, 0.717) is 17.9 Å². The van der Waals surface area contributed by atoms with Crippen molar-refractivity contribution < 1.29 is 41.8 Å². The molecule has 2 rings (SSSR count). The first-order valence-corrected chi connectivity index (χ1v) is 10.6. The average molecular weight is 494 g/mol. The number of hydrogen-bond acceptors (Lipinski definition) is 6. The SMILES string of the molecule is CC(C)COC(=O)c1ccc(NC(=O)CCC(=O)OCC(=O)Nc2cccc(C(F)(F)F)c2)cc1. The van der Waals surface area contributed by atoms with Crippen LogP contribution in [0.4, 0.5) is 24.5 Å². The minimum absolute atomic E-state index is 0.0977. The lowest BCUT2D eigenvalue weighted by atomic mass is 10.2. The number of nitrogens with one attached hydrogen (secondary N) is 2. The number of benzene rings is 2. The van der Waals surface area contributed by atoms with Crippen LogP contribution in [0.2, 0.25) is 0 Å². The van der Waals surface area contributed by atoms with Crippen LogP contribution in [0.5, 0.6) is 0 Å². The third-order valence-electron chi connectivity index (χ3n) is 4.35. The topological polar surface area (TPSA) is 111 Å². The van der Waals surface area contributed by atoms with E-state index in [0.717, 1.165) is 18.2 Å². The maximum Gasteiger partial charge on any atom is 0.416 e. The standard InChI is InChI=1S/C24H25F3N2O6/c1-15(2)13-35-23(33)16-6-8-18(9-7-16)28-20(30)10-11-22(32)34-14-21(31)29-19-5-3-4-17(12-19)24(25,26)27/h3-9,12,15H,10-11,13-14H2,1-2H3,(H,28,30)(H,29,31). The number of anilines is 2. The molecule has 35 heavy (non-hydrogen) atoms. The minimum atomic E-state index is -4.56. The lowest BCUT2D eigenvalue weighted by molar-refractivity contribution is -0.147. The van der Waals surface area contributed by atoms with Gasteiger partial charge in [0.05, 0.1) is 24.2 Å². The van der Waals surface area contributed by atoms with E-state index in [1.165, 1.54) is 30.3 Å². The first kappa shape index (κ1) is 27.4. The van der Waals surface area contributed by atoms with Gasteiger partial charge < -0.3 is 20.1 Å². The maximum atomic E-state index is 12.7. The summed E-state index contributed by atoms with van der Waals surface area (Å²) < 4.78 is 48.0. The van der Waals surface area contributed by atoms with E-state index in [9.17, 15) is 32.3 Å². The Labute approximate surface area is 199 Å². The summed E-state index contributed by atoms with van der Waals surface area (Å²) in [7, 11) is 0. The molecule has 0 aliphatic carbocycles. The zero-order chi connectivity index (χ0) is 26.0. The van der Waals surface area contributed by atoms with Gasteiger partial charge in [0.2, 0.25) is 5.91 Å². The molecule has 0 unspecified atom stereocenters. The Morgan fingerprint density at radius 3 is 2.14 bits per heavy atom. The van der Waals surface area contributed by atoms with E-state index in [-0.39, 0.29) is 24.4 Å².